The van der Waals surface area contributed by atoms with E-state index in [-0.39, 0.29) is 0 Å². The van der Waals surface area contributed by atoms with Crippen molar-refractivity contribution in [2.45, 2.75) is 45.8 Å². The Labute approximate surface area is 226 Å². The third kappa shape index (κ3) is 5.62. The Morgan fingerprint density at radius 2 is 1.92 bits per heavy atom. The molecule has 0 aliphatic heterocycles. The molecule has 202 valence electrons. The highest BCUT2D eigenvalue weighted by atomic mass is 16.5. The number of carbonyl (C=O) groups is 1. The van der Waals surface area contributed by atoms with Crippen LogP contribution in [0.1, 0.15) is 38.3 Å². The van der Waals surface area contributed by atoms with Crippen molar-refractivity contribution in [1.29, 1.82) is 0 Å². The molecule has 5 aromatic rings. The molecule has 0 bridgehead atoms. The minimum absolute atomic E-state index is 0.307. The molecule has 39 heavy (non-hydrogen) atoms. The van der Waals surface area contributed by atoms with Crippen LogP contribution in [0.15, 0.2) is 55.1 Å². The number of ether oxygens (including phenoxy) is 2. The zero-order chi connectivity index (χ0) is 27.4. The molecule has 0 saturated heterocycles. The van der Waals surface area contributed by atoms with Crippen LogP contribution in [-0.4, -0.2) is 48.9 Å². The van der Waals surface area contributed by atoms with Gasteiger partial charge in [0.05, 0.1) is 43.0 Å². The van der Waals surface area contributed by atoms with Gasteiger partial charge in [-0.15, -0.1) is 0 Å². The van der Waals surface area contributed by atoms with Gasteiger partial charge < -0.3 is 29.7 Å². The number of rotatable bonds is 10. The van der Waals surface area contributed by atoms with E-state index in [1.54, 1.807) is 13.4 Å². The van der Waals surface area contributed by atoms with Gasteiger partial charge in [-0.3, -0.25) is 0 Å². The molecule has 0 fully saturated rings. The van der Waals surface area contributed by atoms with Gasteiger partial charge in [0.25, 0.3) is 0 Å². The molecule has 0 aliphatic rings. The number of anilines is 1. The maximum Gasteiger partial charge on any atom is 0.407 e. The van der Waals surface area contributed by atoms with Gasteiger partial charge in [-0.25, -0.2) is 24.7 Å². The number of imidazole rings is 2. The van der Waals surface area contributed by atoms with Gasteiger partial charge in [0.2, 0.25) is 0 Å². The fourth-order valence-electron chi connectivity index (χ4n) is 4.45. The number of nitrogens with zero attached hydrogens (tertiary/aromatic N) is 6. The average Bonchev–Trinajstić information content (AvgIpc) is 3.56. The van der Waals surface area contributed by atoms with Crippen molar-refractivity contribution in [3.63, 3.8) is 0 Å². The van der Waals surface area contributed by atoms with Crippen molar-refractivity contribution in [2.24, 2.45) is 0 Å². The maximum atomic E-state index is 12.2. The van der Waals surface area contributed by atoms with Crippen molar-refractivity contribution >= 4 is 34.1 Å². The number of amides is 1. The molecular weight excluding hydrogens is 496 g/mol. The van der Waals surface area contributed by atoms with E-state index in [0.717, 1.165) is 28.6 Å². The lowest BCUT2D eigenvalue weighted by atomic mass is 10.2. The number of nitrogens with two attached hydrogens (primary N) is 1. The Morgan fingerprint density at radius 3 is 2.74 bits per heavy atom. The summed E-state index contributed by atoms with van der Waals surface area (Å²) >= 11 is 0. The number of benzene rings is 2. The summed E-state index contributed by atoms with van der Waals surface area (Å²) in [6, 6.07) is 13.8. The first-order chi connectivity index (χ1) is 18.9. The van der Waals surface area contributed by atoms with Crippen LogP contribution in [-0.2, 0) is 17.8 Å². The lowest BCUT2D eigenvalue weighted by Gasteiger charge is -2.10. The molecule has 3 heterocycles. The van der Waals surface area contributed by atoms with E-state index in [9.17, 15) is 4.79 Å². The first-order valence-corrected chi connectivity index (χ1v) is 12.9. The predicted octanol–water partition coefficient (Wildman–Crippen LogP) is 4.72. The Balaban J connectivity index is 1.13. The Bertz CT molecular complexity index is 1610. The van der Waals surface area contributed by atoms with Crippen LogP contribution in [0.25, 0.3) is 33.6 Å². The molecule has 5 rings (SSSR count). The second kappa shape index (κ2) is 11.4. The summed E-state index contributed by atoms with van der Waals surface area (Å²) in [5.41, 5.74) is 11.1. The fraction of sp³-hybridized carbons (Fsp3) is 0.321. The number of hydrogen-bond acceptors (Lipinski definition) is 8. The number of methoxy groups -OCH3 is 1. The number of unbranched alkanes of at least 4 members (excludes halogenated alkanes) is 1. The lowest BCUT2D eigenvalue weighted by Crippen LogP contribution is -2.24. The highest BCUT2D eigenvalue weighted by Crippen LogP contribution is 2.29. The topological polar surface area (TPSA) is 135 Å². The first-order valence-electron chi connectivity index (χ1n) is 12.9. The summed E-state index contributed by atoms with van der Waals surface area (Å²) in [6.07, 6.45) is 4.56. The number of alkyl carbamates (subject to hydrolysis) is 1. The smallest absolute Gasteiger partial charge is 0.407 e. The summed E-state index contributed by atoms with van der Waals surface area (Å²) in [5.74, 6) is 1.46. The SMILES string of the molecule is COc1ccccc1-c1nc(N)c2ncn(CCCCOC(=O)NCc3ccc4ncn(C(C)C)c4c3)c2n1. The zero-order valence-corrected chi connectivity index (χ0v) is 22.3. The second-order valence-corrected chi connectivity index (χ2v) is 9.51. The number of hydrogen-bond donors (Lipinski definition) is 2. The predicted molar refractivity (Wildman–Crippen MR) is 149 cm³/mol. The van der Waals surface area contributed by atoms with E-state index in [2.05, 4.69) is 38.7 Å². The van der Waals surface area contributed by atoms with Crippen molar-refractivity contribution in [2.75, 3.05) is 19.5 Å². The van der Waals surface area contributed by atoms with Crippen LogP contribution in [0.3, 0.4) is 0 Å². The van der Waals surface area contributed by atoms with E-state index in [0.29, 0.717) is 60.7 Å². The molecular formula is C28H32N8O3. The number of aryl methyl sites for hydroxylation is 1. The van der Waals surface area contributed by atoms with Crippen LogP contribution in [0.5, 0.6) is 5.75 Å². The molecule has 11 heteroatoms. The molecule has 0 aliphatic carbocycles. The Hall–Kier alpha value is -4.67. The third-order valence-electron chi connectivity index (χ3n) is 6.50. The van der Waals surface area contributed by atoms with Crippen molar-refractivity contribution in [1.82, 2.24) is 34.4 Å². The van der Waals surface area contributed by atoms with Gasteiger partial charge >= 0.3 is 6.09 Å². The highest BCUT2D eigenvalue weighted by molar-refractivity contribution is 5.84. The monoisotopic (exact) mass is 528 g/mol. The van der Waals surface area contributed by atoms with Gasteiger partial charge in [-0.1, -0.05) is 18.2 Å². The highest BCUT2D eigenvalue weighted by Gasteiger charge is 2.15. The number of carbonyl (C=O) groups excluding carboxylic acids is 1. The van der Waals surface area contributed by atoms with Crippen LogP contribution >= 0.6 is 0 Å². The summed E-state index contributed by atoms with van der Waals surface area (Å²) in [5, 5.41) is 2.82. The zero-order valence-electron chi connectivity index (χ0n) is 22.3. The van der Waals surface area contributed by atoms with E-state index in [4.69, 9.17) is 20.2 Å². The molecule has 0 spiro atoms. The summed E-state index contributed by atoms with van der Waals surface area (Å²) in [6.45, 7) is 5.56. The Kier molecular flexibility index (Phi) is 7.57. The minimum Gasteiger partial charge on any atom is -0.496 e. The van der Waals surface area contributed by atoms with Gasteiger partial charge in [0.1, 0.15) is 11.3 Å². The van der Waals surface area contributed by atoms with Gasteiger partial charge in [-0.2, -0.15) is 0 Å². The largest absolute Gasteiger partial charge is 0.496 e. The van der Waals surface area contributed by atoms with Crippen molar-refractivity contribution < 1.29 is 14.3 Å². The van der Waals surface area contributed by atoms with Gasteiger partial charge in [0.15, 0.2) is 17.3 Å². The molecule has 1 amide bonds. The molecule has 0 unspecified atom stereocenters. The van der Waals surface area contributed by atoms with Crippen molar-refractivity contribution in [3.8, 4) is 17.1 Å². The number of fused-ring (bicyclic) bond motifs is 2. The van der Waals surface area contributed by atoms with E-state index in [1.165, 1.54) is 0 Å². The number of nitrogen functional groups attached to an aromatic ring is 1. The van der Waals surface area contributed by atoms with Crippen LogP contribution in [0.4, 0.5) is 10.6 Å². The summed E-state index contributed by atoms with van der Waals surface area (Å²) in [4.78, 5) is 30.2. The fourth-order valence-corrected chi connectivity index (χ4v) is 4.45. The number of nitrogens with one attached hydrogen (secondary N) is 1. The normalized spacial score (nSPS) is 11.4. The second-order valence-electron chi connectivity index (χ2n) is 9.51. The lowest BCUT2D eigenvalue weighted by molar-refractivity contribution is 0.143. The van der Waals surface area contributed by atoms with Crippen molar-refractivity contribution in [3.05, 3.63) is 60.7 Å². The minimum atomic E-state index is -0.442. The maximum absolute atomic E-state index is 12.2. The standard InChI is InChI=1S/C28H32N8O3/c1-18(2)36-17-31-21-11-10-19(14-22(21)36)15-30-28(37)39-13-7-6-12-35-16-32-24-25(29)33-26(34-27(24)35)20-8-4-5-9-23(20)38-3/h4-5,8-11,14,16-18H,6-7,12-13,15H2,1-3H3,(H,30,37)(H2,29,33,34). The summed E-state index contributed by atoms with van der Waals surface area (Å²) < 4.78 is 14.9. The molecule has 0 saturated carbocycles. The average molecular weight is 529 g/mol. The molecule has 11 nitrogen and oxygen atoms in total. The van der Waals surface area contributed by atoms with Gasteiger partial charge in [0, 0.05) is 19.1 Å². The van der Waals surface area contributed by atoms with Crippen LogP contribution in [0, 0.1) is 0 Å². The molecule has 2 aromatic carbocycles. The third-order valence-corrected chi connectivity index (χ3v) is 6.50. The molecule has 3 aromatic heterocycles. The van der Waals surface area contributed by atoms with Crippen LogP contribution < -0.4 is 15.8 Å². The first kappa shape index (κ1) is 26.0. The van der Waals surface area contributed by atoms with Gasteiger partial charge in [-0.05, 0) is 56.5 Å². The number of para-hydroxylation sites is 1. The van der Waals surface area contributed by atoms with E-state index < -0.39 is 6.09 Å². The quantitative estimate of drug-likeness (QED) is 0.249. The Morgan fingerprint density at radius 1 is 1.08 bits per heavy atom. The molecule has 0 radical (unpaired) electrons. The van der Waals surface area contributed by atoms with E-state index in [1.807, 2.05) is 53.4 Å². The summed E-state index contributed by atoms with van der Waals surface area (Å²) in [7, 11) is 1.61. The molecule has 0 atom stereocenters. The number of aromatic nitrogens is 6. The molecule has 3 N–H and O–H groups in total. The van der Waals surface area contributed by atoms with Crippen LogP contribution in [0.2, 0.25) is 0 Å². The van der Waals surface area contributed by atoms with E-state index >= 15 is 0 Å².